The summed E-state index contributed by atoms with van der Waals surface area (Å²) in [5, 5.41) is 14.9. The average molecular weight is 357 g/mol. The topological polar surface area (TPSA) is 91.8 Å². The van der Waals surface area contributed by atoms with E-state index in [1.165, 1.54) is 4.90 Å². The number of hydrogen-bond donors (Lipinski definition) is 2. The van der Waals surface area contributed by atoms with Crippen molar-refractivity contribution < 1.29 is 19.4 Å². The quantitative estimate of drug-likeness (QED) is 0.877. The maximum Gasteiger partial charge on any atom is 0.411 e. The molecule has 138 valence electrons. The summed E-state index contributed by atoms with van der Waals surface area (Å²) in [6.07, 6.45) is 3.24. The van der Waals surface area contributed by atoms with Crippen LogP contribution in [0.1, 0.15) is 27.2 Å². The Balaban J connectivity index is 1.74. The lowest BCUT2D eigenvalue weighted by Gasteiger charge is -2.26. The van der Waals surface area contributed by atoms with Crippen molar-refractivity contribution in [1.82, 2.24) is 9.88 Å². The van der Waals surface area contributed by atoms with Crippen molar-refractivity contribution in [1.29, 1.82) is 0 Å². The van der Waals surface area contributed by atoms with Gasteiger partial charge in [-0.2, -0.15) is 0 Å². The number of pyridine rings is 1. The average Bonchev–Trinajstić information content (AvgIpc) is 2.97. The van der Waals surface area contributed by atoms with Gasteiger partial charge in [-0.3, -0.25) is 9.88 Å². The molecule has 2 N–H and O–H groups in total. The lowest BCUT2D eigenvalue weighted by atomic mass is 10.1. The van der Waals surface area contributed by atoms with Crippen molar-refractivity contribution in [2.75, 3.05) is 11.9 Å². The lowest BCUT2D eigenvalue weighted by molar-refractivity contribution is -0.142. The molecule has 0 aliphatic carbocycles. The number of carbonyl (C=O) groups is 2. The zero-order valence-electron chi connectivity index (χ0n) is 15.1. The third-order valence-electron chi connectivity index (χ3n) is 4.23. The fourth-order valence-electron chi connectivity index (χ4n) is 3.11. The Labute approximate surface area is 152 Å². The van der Waals surface area contributed by atoms with Crippen LogP contribution in [0, 0.1) is 0 Å². The molecular formula is C19H23N3O4. The molecule has 1 aliphatic rings. The Kier molecular flexibility index (Phi) is 4.71. The number of carboxylic acid groups (broad SMARTS) is 1. The predicted molar refractivity (Wildman–Crippen MR) is 98.1 cm³/mol. The molecule has 2 aromatic rings. The summed E-state index contributed by atoms with van der Waals surface area (Å²) in [5.41, 5.74) is 0.210. The van der Waals surface area contributed by atoms with Crippen LogP contribution in [-0.2, 0) is 9.53 Å². The van der Waals surface area contributed by atoms with E-state index in [9.17, 15) is 14.7 Å². The highest BCUT2D eigenvalue weighted by Gasteiger charge is 2.41. The number of hydrogen-bond acceptors (Lipinski definition) is 5. The molecule has 2 heterocycles. The summed E-state index contributed by atoms with van der Waals surface area (Å²) in [6.45, 7) is 5.56. The van der Waals surface area contributed by atoms with E-state index in [0.717, 1.165) is 16.5 Å². The molecule has 7 heteroatoms. The molecule has 1 amide bonds. The molecular weight excluding hydrogens is 334 g/mol. The van der Waals surface area contributed by atoms with Crippen LogP contribution in [-0.4, -0.2) is 51.3 Å². The summed E-state index contributed by atoms with van der Waals surface area (Å²) >= 11 is 0. The lowest BCUT2D eigenvalue weighted by Crippen LogP contribution is -2.43. The van der Waals surface area contributed by atoms with Gasteiger partial charge in [0, 0.05) is 42.5 Å². The van der Waals surface area contributed by atoms with Gasteiger partial charge in [0.2, 0.25) is 0 Å². The number of amides is 1. The highest BCUT2D eigenvalue weighted by Crippen LogP contribution is 2.25. The number of carbonyl (C=O) groups excluding carboxylic acids is 1. The molecule has 1 saturated heterocycles. The predicted octanol–water partition coefficient (Wildman–Crippen LogP) is 3.11. The molecule has 1 aromatic carbocycles. The highest BCUT2D eigenvalue weighted by molar-refractivity contribution is 5.85. The van der Waals surface area contributed by atoms with Gasteiger partial charge in [0.1, 0.15) is 11.6 Å². The maximum atomic E-state index is 12.4. The molecule has 0 saturated carbocycles. The van der Waals surface area contributed by atoms with E-state index >= 15 is 0 Å². The van der Waals surface area contributed by atoms with E-state index in [-0.39, 0.29) is 12.6 Å². The highest BCUT2D eigenvalue weighted by atomic mass is 16.6. The van der Waals surface area contributed by atoms with Gasteiger partial charge in [0.05, 0.1) is 0 Å². The van der Waals surface area contributed by atoms with Gasteiger partial charge in [-0.25, -0.2) is 9.59 Å². The monoisotopic (exact) mass is 357 g/mol. The molecule has 1 aliphatic heterocycles. The van der Waals surface area contributed by atoms with Crippen LogP contribution < -0.4 is 5.32 Å². The minimum absolute atomic E-state index is 0.164. The number of nitrogens with one attached hydrogen (secondary N) is 1. The largest absolute Gasteiger partial charge is 0.480 e. The number of benzene rings is 1. The summed E-state index contributed by atoms with van der Waals surface area (Å²) < 4.78 is 5.35. The van der Waals surface area contributed by atoms with E-state index in [1.807, 2.05) is 24.3 Å². The number of aliphatic carboxylic acids is 1. The van der Waals surface area contributed by atoms with Crippen LogP contribution in [0.2, 0.25) is 0 Å². The second-order valence-corrected chi connectivity index (χ2v) is 7.50. The molecule has 2 unspecified atom stereocenters. The van der Waals surface area contributed by atoms with Gasteiger partial charge in [-0.1, -0.05) is 6.07 Å². The molecule has 1 fully saturated rings. The third kappa shape index (κ3) is 4.04. The minimum Gasteiger partial charge on any atom is -0.480 e. The first-order valence-electron chi connectivity index (χ1n) is 8.56. The number of likely N-dealkylation sites (tertiary alicyclic amines) is 1. The van der Waals surface area contributed by atoms with Crippen molar-refractivity contribution in [2.45, 2.75) is 44.9 Å². The summed E-state index contributed by atoms with van der Waals surface area (Å²) in [4.78, 5) is 29.3. The second kappa shape index (κ2) is 6.82. The maximum absolute atomic E-state index is 12.4. The number of ether oxygens (including phenoxy) is 1. The Morgan fingerprint density at radius 1 is 1.27 bits per heavy atom. The third-order valence-corrected chi connectivity index (χ3v) is 4.23. The smallest absolute Gasteiger partial charge is 0.411 e. The SMILES string of the molecule is CC(C)(C)OC(=O)N1CC(Nc2ccc3cnccc3c2)CC1C(=O)O. The van der Waals surface area contributed by atoms with Crippen LogP contribution in [0.4, 0.5) is 10.5 Å². The van der Waals surface area contributed by atoms with Crippen molar-refractivity contribution in [3.8, 4) is 0 Å². The van der Waals surface area contributed by atoms with Crippen LogP contribution in [0.3, 0.4) is 0 Å². The molecule has 0 bridgehead atoms. The molecule has 3 rings (SSSR count). The van der Waals surface area contributed by atoms with Gasteiger partial charge in [0.25, 0.3) is 0 Å². The van der Waals surface area contributed by atoms with E-state index in [4.69, 9.17) is 4.74 Å². The Morgan fingerprint density at radius 3 is 2.73 bits per heavy atom. The normalized spacial score (nSPS) is 20.2. The zero-order valence-corrected chi connectivity index (χ0v) is 15.1. The Hall–Kier alpha value is -2.83. The first-order valence-corrected chi connectivity index (χ1v) is 8.56. The molecule has 0 spiro atoms. The fraction of sp³-hybridized carbons (Fsp3) is 0.421. The van der Waals surface area contributed by atoms with E-state index < -0.39 is 23.7 Å². The second-order valence-electron chi connectivity index (χ2n) is 7.50. The van der Waals surface area contributed by atoms with Crippen LogP contribution >= 0.6 is 0 Å². The Bertz CT molecular complexity index is 831. The van der Waals surface area contributed by atoms with Gasteiger partial charge >= 0.3 is 12.1 Å². The van der Waals surface area contributed by atoms with Crippen molar-refractivity contribution in [3.63, 3.8) is 0 Å². The number of rotatable bonds is 3. The van der Waals surface area contributed by atoms with Gasteiger partial charge in [-0.05, 0) is 44.4 Å². The standard InChI is InChI=1S/C19H23N3O4/c1-19(2,3)26-18(25)22-11-15(9-16(22)17(23)24)21-14-5-4-13-10-20-7-6-12(13)8-14/h4-8,10,15-16,21H,9,11H2,1-3H3,(H,23,24). The van der Waals surface area contributed by atoms with Gasteiger partial charge in [0.15, 0.2) is 0 Å². The first-order chi connectivity index (χ1) is 12.2. The van der Waals surface area contributed by atoms with Crippen molar-refractivity contribution in [2.24, 2.45) is 0 Å². The van der Waals surface area contributed by atoms with E-state index in [1.54, 1.807) is 33.2 Å². The molecule has 7 nitrogen and oxygen atoms in total. The first kappa shape index (κ1) is 18.0. The Morgan fingerprint density at radius 2 is 2.04 bits per heavy atom. The summed E-state index contributed by atoms with van der Waals surface area (Å²) in [6, 6.07) is 6.73. The fourth-order valence-corrected chi connectivity index (χ4v) is 3.11. The van der Waals surface area contributed by atoms with Gasteiger partial charge < -0.3 is 15.2 Å². The number of aromatic nitrogens is 1. The van der Waals surface area contributed by atoms with Crippen molar-refractivity contribution in [3.05, 3.63) is 36.7 Å². The molecule has 0 radical (unpaired) electrons. The number of anilines is 1. The minimum atomic E-state index is -1.02. The number of fused-ring (bicyclic) bond motifs is 1. The molecule has 26 heavy (non-hydrogen) atoms. The zero-order chi connectivity index (χ0) is 18.9. The summed E-state index contributed by atoms with van der Waals surface area (Å²) in [5.74, 6) is -1.02. The summed E-state index contributed by atoms with van der Waals surface area (Å²) in [7, 11) is 0. The number of nitrogens with zero attached hydrogens (tertiary/aromatic N) is 2. The molecule has 2 atom stereocenters. The van der Waals surface area contributed by atoms with E-state index in [0.29, 0.717) is 6.42 Å². The van der Waals surface area contributed by atoms with Gasteiger partial charge in [-0.15, -0.1) is 0 Å². The van der Waals surface area contributed by atoms with Crippen molar-refractivity contribution >= 4 is 28.5 Å². The van der Waals surface area contributed by atoms with Crippen LogP contribution in [0.15, 0.2) is 36.7 Å². The molecule has 1 aromatic heterocycles. The van der Waals surface area contributed by atoms with Crippen LogP contribution in [0.5, 0.6) is 0 Å². The number of carboxylic acids is 1. The van der Waals surface area contributed by atoms with Crippen LogP contribution in [0.25, 0.3) is 10.8 Å². The van der Waals surface area contributed by atoms with E-state index in [2.05, 4.69) is 10.3 Å².